The number of hydrogen-bond donors (Lipinski definition) is 0. The van der Waals surface area contributed by atoms with E-state index in [-0.39, 0.29) is 5.04 Å². The summed E-state index contributed by atoms with van der Waals surface area (Å²) in [6.07, 6.45) is 3.71. The SMILES string of the molecule is CC(C)(C)[Si](C)(C)O[C@@H]1C[C@@H](c2ccccc2)N(C2=NCCC2)C1. The van der Waals surface area contributed by atoms with Gasteiger partial charge in [0.2, 0.25) is 0 Å². The Bertz CT molecular complexity index is 591. The highest BCUT2D eigenvalue weighted by atomic mass is 28.4. The van der Waals surface area contributed by atoms with Gasteiger partial charge in [0.1, 0.15) is 0 Å². The molecule has 0 radical (unpaired) electrons. The molecule has 1 fully saturated rings. The topological polar surface area (TPSA) is 24.8 Å². The molecular formula is C20H32N2OSi. The lowest BCUT2D eigenvalue weighted by Gasteiger charge is -2.38. The van der Waals surface area contributed by atoms with Crippen LogP contribution in [-0.2, 0) is 4.43 Å². The molecule has 3 nitrogen and oxygen atoms in total. The molecule has 0 N–H and O–H groups in total. The molecule has 2 heterocycles. The maximum atomic E-state index is 6.75. The second-order valence-electron chi connectivity index (χ2n) is 8.72. The molecule has 4 heteroatoms. The van der Waals surface area contributed by atoms with Crippen molar-refractivity contribution in [2.24, 2.45) is 4.99 Å². The summed E-state index contributed by atoms with van der Waals surface area (Å²) in [4.78, 5) is 7.30. The number of likely N-dealkylation sites (tertiary alicyclic amines) is 1. The zero-order valence-electron chi connectivity index (χ0n) is 15.9. The minimum atomic E-state index is -1.74. The number of amidine groups is 1. The number of aliphatic imine (C=N–C) groups is 1. The van der Waals surface area contributed by atoms with Gasteiger partial charge in [-0.25, -0.2) is 0 Å². The van der Waals surface area contributed by atoms with Gasteiger partial charge in [-0.2, -0.15) is 0 Å². The zero-order valence-corrected chi connectivity index (χ0v) is 16.9. The Morgan fingerprint density at radius 1 is 1.17 bits per heavy atom. The van der Waals surface area contributed by atoms with E-state index in [1.165, 1.54) is 17.8 Å². The van der Waals surface area contributed by atoms with E-state index in [4.69, 9.17) is 9.42 Å². The number of nitrogens with zero attached hydrogens (tertiary/aromatic N) is 2. The second kappa shape index (κ2) is 6.64. The Labute approximate surface area is 148 Å². The van der Waals surface area contributed by atoms with Crippen molar-refractivity contribution in [1.82, 2.24) is 4.90 Å². The van der Waals surface area contributed by atoms with Gasteiger partial charge >= 0.3 is 0 Å². The van der Waals surface area contributed by atoms with Crippen molar-refractivity contribution in [2.75, 3.05) is 13.1 Å². The molecule has 1 aromatic rings. The fourth-order valence-electron chi connectivity index (χ4n) is 3.51. The highest BCUT2D eigenvalue weighted by Gasteiger charge is 2.43. The lowest BCUT2D eigenvalue weighted by atomic mass is 10.0. The van der Waals surface area contributed by atoms with Gasteiger partial charge in [0.25, 0.3) is 0 Å². The fraction of sp³-hybridized carbons (Fsp3) is 0.650. The van der Waals surface area contributed by atoms with E-state index in [0.717, 1.165) is 25.9 Å². The average molecular weight is 345 g/mol. The molecule has 2 aliphatic rings. The van der Waals surface area contributed by atoms with Gasteiger partial charge in [0.05, 0.1) is 18.0 Å². The summed E-state index contributed by atoms with van der Waals surface area (Å²) < 4.78 is 6.75. The van der Waals surface area contributed by atoms with Crippen molar-refractivity contribution in [3.05, 3.63) is 35.9 Å². The van der Waals surface area contributed by atoms with Crippen LogP contribution in [0, 0.1) is 0 Å². The summed E-state index contributed by atoms with van der Waals surface area (Å²) in [5, 5.41) is 0.257. The Kier molecular flexibility index (Phi) is 4.89. The van der Waals surface area contributed by atoms with Crippen LogP contribution in [0.15, 0.2) is 35.3 Å². The van der Waals surface area contributed by atoms with Crippen molar-refractivity contribution in [2.45, 2.75) is 70.3 Å². The van der Waals surface area contributed by atoms with Crippen LogP contribution in [-0.4, -0.2) is 38.2 Å². The molecule has 3 rings (SSSR count). The van der Waals surface area contributed by atoms with E-state index in [9.17, 15) is 0 Å². The van der Waals surface area contributed by atoms with Crippen molar-refractivity contribution in [3.63, 3.8) is 0 Å². The highest BCUT2D eigenvalue weighted by Crippen LogP contribution is 2.41. The predicted octanol–water partition coefficient (Wildman–Crippen LogP) is 5.02. The third-order valence-electron chi connectivity index (χ3n) is 5.90. The smallest absolute Gasteiger partial charge is 0.192 e. The molecule has 1 saturated heterocycles. The molecule has 2 aliphatic heterocycles. The number of benzene rings is 1. The molecule has 0 amide bonds. The molecule has 0 bridgehead atoms. The maximum Gasteiger partial charge on any atom is 0.192 e. The summed E-state index contributed by atoms with van der Waals surface area (Å²) in [7, 11) is -1.74. The molecular weight excluding hydrogens is 312 g/mol. The Hall–Kier alpha value is -1.13. The first-order valence-corrected chi connectivity index (χ1v) is 12.2. The summed E-state index contributed by atoms with van der Waals surface area (Å²) >= 11 is 0. The van der Waals surface area contributed by atoms with E-state index in [1.807, 2.05) is 0 Å². The lowest BCUT2D eigenvalue weighted by Crippen LogP contribution is -2.44. The monoisotopic (exact) mass is 344 g/mol. The quantitative estimate of drug-likeness (QED) is 0.720. The highest BCUT2D eigenvalue weighted by molar-refractivity contribution is 6.74. The first-order valence-electron chi connectivity index (χ1n) is 9.31. The Morgan fingerprint density at radius 3 is 2.46 bits per heavy atom. The molecule has 0 aromatic heterocycles. The van der Waals surface area contributed by atoms with Gasteiger partial charge in [-0.15, -0.1) is 0 Å². The van der Waals surface area contributed by atoms with Gasteiger partial charge in [0, 0.05) is 19.5 Å². The first kappa shape index (κ1) is 17.7. The van der Waals surface area contributed by atoms with E-state index in [1.54, 1.807) is 0 Å². The molecule has 2 atom stereocenters. The van der Waals surface area contributed by atoms with E-state index >= 15 is 0 Å². The molecule has 0 spiro atoms. The molecule has 0 unspecified atom stereocenters. The lowest BCUT2D eigenvalue weighted by molar-refractivity contribution is 0.192. The van der Waals surface area contributed by atoms with Gasteiger partial charge in [-0.1, -0.05) is 51.1 Å². The fourth-order valence-corrected chi connectivity index (χ4v) is 4.87. The van der Waals surface area contributed by atoms with Crippen molar-refractivity contribution >= 4 is 14.2 Å². The standard InChI is InChI=1S/C20H32N2OSi/c1-20(2,3)24(4,5)23-17-14-18(16-10-7-6-8-11-16)22(15-17)19-12-9-13-21-19/h6-8,10-11,17-18H,9,12-15H2,1-5H3/t17-,18+/m1/s1. The van der Waals surface area contributed by atoms with Crippen molar-refractivity contribution < 1.29 is 4.43 Å². The van der Waals surface area contributed by atoms with Gasteiger partial charge in [0.15, 0.2) is 8.32 Å². The molecule has 24 heavy (non-hydrogen) atoms. The zero-order chi connectivity index (χ0) is 17.4. The molecule has 0 saturated carbocycles. The largest absolute Gasteiger partial charge is 0.412 e. The predicted molar refractivity (Wildman–Crippen MR) is 104 cm³/mol. The van der Waals surface area contributed by atoms with E-state index in [0.29, 0.717) is 12.1 Å². The average Bonchev–Trinajstić information content (AvgIpc) is 3.15. The van der Waals surface area contributed by atoms with Gasteiger partial charge in [-0.05, 0) is 36.5 Å². The summed E-state index contributed by atoms with van der Waals surface area (Å²) in [5.41, 5.74) is 1.40. The molecule has 1 aromatic carbocycles. The van der Waals surface area contributed by atoms with Crippen molar-refractivity contribution in [3.8, 4) is 0 Å². The Morgan fingerprint density at radius 2 is 1.88 bits per heavy atom. The van der Waals surface area contributed by atoms with Crippen LogP contribution in [0.1, 0.15) is 51.6 Å². The van der Waals surface area contributed by atoms with Crippen LogP contribution in [0.4, 0.5) is 0 Å². The normalized spacial score (nSPS) is 25.2. The third-order valence-corrected chi connectivity index (χ3v) is 10.4. The Balaban J connectivity index is 1.80. The van der Waals surface area contributed by atoms with Crippen molar-refractivity contribution in [1.29, 1.82) is 0 Å². The first-order chi connectivity index (χ1) is 11.3. The molecule has 132 valence electrons. The van der Waals surface area contributed by atoms with Gasteiger partial charge in [-0.3, -0.25) is 4.99 Å². The van der Waals surface area contributed by atoms with Gasteiger partial charge < -0.3 is 9.33 Å². The van der Waals surface area contributed by atoms with Crippen LogP contribution < -0.4 is 0 Å². The van der Waals surface area contributed by atoms with Crippen LogP contribution in [0.25, 0.3) is 0 Å². The van der Waals surface area contributed by atoms with E-state index in [2.05, 4.69) is 69.1 Å². The summed E-state index contributed by atoms with van der Waals surface area (Å²) in [6, 6.07) is 11.3. The molecule has 0 aliphatic carbocycles. The van der Waals surface area contributed by atoms with Crippen LogP contribution in [0.5, 0.6) is 0 Å². The van der Waals surface area contributed by atoms with Crippen LogP contribution >= 0.6 is 0 Å². The summed E-state index contributed by atoms with van der Waals surface area (Å²) in [5.74, 6) is 1.30. The maximum absolute atomic E-state index is 6.75. The minimum Gasteiger partial charge on any atom is -0.412 e. The third kappa shape index (κ3) is 3.59. The number of rotatable bonds is 3. The minimum absolute atomic E-state index is 0.257. The van der Waals surface area contributed by atoms with Crippen LogP contribution in [0.2, 0.25) is 18.1 Å². The summed E-state index contributed by atoms with van der Waals surface area (Å²) in [6.45, 7) is 13.7. The van der Waals surface area contributed by atoms with E-state index < -0.39 is 8.32 Å². The van der Waals surface area contributed by atoms with Crippen LogP contribution in [0.3, 0.4) is 0 Å². The second-order valence-corrected chi connectivity index (χ2v) is 13.5. The number of hydrogen-bond acceptors (Lipinski definition) is 3.